The van der Waals surface area contributed by atoms with Gasteiger partial charge in [0, 0.05) is 30.8 Å². The third kappa shape index (κ3) is 4.23. The van der Waals surface area contributed by atoms with E-state index < -0.39 is 12.2 Å². The molecule has 1 N–H and O–H groups in total. The van der Waals surface area contributed by atoms with Gasteiger partial charge in [-0.2, -0.15) is 0 Å². The summed E-state index contributed by atoms with van der Waals surface area (Å²) in [4.78, 5) is 21.4. The number of benzene rings is 2. The number of hydrogen-bond donors (Lipinski definition) is 1. The zero-order chi connectivity index (χ0) is 21.2. The lowest BCUT2D eigenvalue weighted by molar-refractivity contribution is -0.144. The SMILES string of the molecule is O=C([C@@H]1CC(Cc2cccc3ccccc23)=NO1)N1CCC([C@H](O)c2cccs2)CC1. The molecule has 1 fully saturated rings. The molecule has 0 radical (unpaired) electrons. The van der Waals surface area contributed by atoms with Crippen molar-refractivity contribution in [3.63, 3.8) is 0 Å². The van der Waals surface area contributed by atoms with Gasteiger partial charge in [0.2, 0.25) is 6.10 Å². The van der Waals surface area contributed by atoms with Gasteiger partial charge in [-0.15, -0.1) is 11.3 Å². The molecule has 1 saturated heterocycles. The molecule has 0 saturated carbocycles. The van der Waals surface area contributed by atoms with Gasteiger partial charge < -0.3 is 14.8 Å². The summed E-state index contributed by atoms with van der Waals surface area (Å²) in [5.74, 6) is 0.214. The lowest BCUT2D eigenvalue weighted by Gasteiger charge is -2.34. The highest BCUT2D eigenvalue weighted by atomic mass is 32.1. The molecule has 0 unspecified atom stereocenters. The van der Waals surface area contributed by atoms with Gasteiger partial charge in [-0.25, -0.2) is 0 Å². The monoisotopic (exact) mass is 434 g/mol. The molecule has 2 aromatic carbocycles. The minimum Gasteiger partial charge on any atom is -0.387 e. The Balaban J connectivity index is 1.16. The van der Waals surface area contributed by atoms with Gasteiger partial charge >= 0.3 is 0 Å². The van der Waals surface area contributed by atoms with E-state index in [2.05, 4.69) is 35.5 Å². The summed E-state index contributed by atoms with van der Waals surface area (Å²) in [6, 6.07) is 18.6. The average Bonchev–Trinajstić information content (AvgIpc) is 3.51. The van der Waals surface area contributed by atoms with Crippen LogP contribution in [-0.2, 0) is 16.1 Å². The second kappa shape index (κ2) is 8.81. The first kappa shape index (κ1) is 20.2. The van der Waals surface area contributed by atoms with E-state index >= 15 is 0 Å². The van der Waals surface area contributed by atoms with Gasteiger partial charge in [0.25, 0.3) is 5.91 Å². The predicted molar refractivity (Wildman–Crippen MR) is 123 cm³/mol. The van der Waals surface area contributed by atoms with Gasteiger partial charge in [0.05, 0.1) is 11.8 Å². The van der Waals surface area contributed by atoms with Gasteiger partial charge in [-0.1, -0.05) is 53.7 Å². The van der Waals surface area contributed by atoms with E-state index in [1.807, 2.05) is 34.5 Å². The molecule has 2 atom stereocenters. The summed E-state index contributed by atoms with van der Waals surface area (Å²) < 4.78 is 0. The van der Waals surface area contributed by atoms with E-state index in [1.165, 1.54) is 16.3 Å². The lowest BCUT2D eigenvalue weighted by Crippen LogP contribution is -2.44. The molecule has 1 amide bonds. The number of rotatable bonds is 5. The largest absolute Gasteiger partial charge is 0.387 e. The number of piperidine rings is 1. The van der Waals surface area contributed by atoms with Crippen molar-refractivity contribution in [3.05, 3.63) is 70.4 Å². The Bertz CT molecular complexity index is 1080. The number of likely N-dealkylation sites (tertiary alicyclic amines) is 1. The minimum atomic E-state index is -0.524. The molecule has 5 nitrogen and oxygen atoms in total. The summed E-state index contributed by atoms with van der Waals surface area (Å²) in [5, 5.41) is 19.2. The van der Waals surface area contributed by atoms with Gasteiger partial charge in [0.1, 0.15) is 0 Å². The zero-order valence-corrected chi connectivity index (χ0v) is 18.1. The average molecular weight is 435 g/mol. The van der Waals surface area contributed by atoms with Crippen LogP contribution in [-0.4, -0.2) is 40.8 Å². The Labute approximate surface area is 185 Å². The van der Waals surface area contributed by atoms with Crippen molar-refractivity contribution in [2.45, 2.75) is 37.9 Å². The van der Waals surface area contributed by atoms with Crippen LogP contribution < -0.4 is 0 Å². The first-order valence-corrected chi connectivity index (χ1v) is 11.8. The van der Waals surface area contributed by atoms with Gasteiger partial charge in [-0.3, -0.25) is 4.79 Å². The molecule has 1 aromatic heterocycles. The summed E-state index contributed by atoms with van der Waals surface area (Å²) >= 11 is 1.59. The number of aliphatic hydroxyl groups is 1. The van der Waals surface area contributed by atoms with Crippen LogP contribution >= 0.6 is 11.3 Å². The minimum absolute atomic E-state index is 0.0146. The second-order valence-corrected chi connectivity index (χ2v) is 9.37. The number of aliphatic hydroxyl groups excluding tert-OH is 1. The molecule has 2 aliphatic heterocycles. The topological polar surface area (TPSA) is 62.1 Å². The van der Waals surface area contributed by atoms with Crippen molar-refractivity contribution in [3.8, 4) is 0 Å². The van der Waals surface area contributed by atoms with Crippen LogP contribution in [0.3, 0.4) is 0 Å². The normalized spacial score (nSPS) is 20.5. The van der Waals surface area contributed by atoms with E-state index in [-0.39, 0.29) is 11.8 Å². The molecule has 0 aliphatic carbocycles. The summed E-state index contributed by atoms with van der Waals surface area (Å²) in [6.07, 6.45) is 1.89. The van der Waals surface area contributed by atoms with E-state index in [0.717, 1.165) is 23.4 Å². The molecule has 160 valence electrons. The number of oxime groups is 1. The van der Waals surface area contributed by atoms with Crippen LogP contribution in [0.4, 0.5) is 0 Å². The number of thiophene rings is 1. The van der Waals surface area contributed by atoms with Crippen LogP contribution in [0.5, 0.6) is 0 Å². The highest BCUT2D eigenvalue weighted by Crippen LogP contribution is 2.33. The number of amides is 1. The molecule has 0 spiro atoms. The molecule has 2 aliphatic rings. The number of carbonyl (C=O) groups excluding carboxylic acids is 1. The highest BCUT2D eigenvalue weighted by Gasteiger charge is 2.35. The summed E-state index contributed by atoms with van der Waals surface area (Å²) in [5.41, 5.74) is 2.12. The maximum Gasteiger partial charge on any atom is 0.266 e. The first-order valence-electron chi connectivity index (χ1n) is 10.9. The van der Waals surface area contributed by atoms with E-state index in [9.17, 15) is 9.90 Å². The summed E-state index contributed by atoms with van der Waals surface area (Å²) in [7, 11) is 0. The maximum absolute atomic E-state index is 13.0. The Hall–Kier alpha value is -2.70. The van der Waals surface area contributed by atoms with E-state index in [1.54, 1.807) is 11.3 Å². The third-order valence-corrected chi connectivity index (χ3v) is 7.36. The number of nitrogens with zero attached hydrogens (tertiary/aromatic N) is 2. The lowest BCUT2D eigenvalue weighted by atomic mass is 9.90. The first-order chi connectivity index (χ1) is 15.2. The van der Waals surface area contributed by atoms with Crippen molar-refractivity contribution in [2.75, 3.05) is 13.1 Å². The molecule has 3 aromatic rings. The Morgan fingerprint density at radius 3 is 2.74 bits per heavy atom. The zero-order valence-electron chi connectivity index (χ0n) is 17.3. The highest BCUT2D eigenvalue weighted by molar-refractivity contribution is 7.10. The van der Waals surface area contributed by atoms with Crippen molar-refractivity contribution >= 4 is 33.7 Å². The predicted octanol–water partition coefficient (Wildman–Crippen LogP) is 4.56. The van der Waals surface area contributed by atoms with E-state index in [4.69, 9.17) is 4.84 Å². The number of carbonyl (C=O) groups is 1. The quantitative estimate of drug-likeness (QED) is 0.640. The Morgan fingerprint density at radius 1 is 1.13 bits per heavy atom. The fourth-order valence-electron chi connectivity index (χ4n) is 4.66. The standard InChI is InChI=1S/C25H26N2O3S/c28-24(23-9-4-14-31-23)18-10-12-27(13-11-18)25(29)22-16-20(26-30-22)15-19-7-3-6-17-5-1-2-8-21(17)19/h1-9,14,18,22,24,28H,10-13,15-16H2/t22-,24-/m0/s1. The molecule has 3 heterocycles. The van der Waals surface area contributed by atoms with Crippen molar-refractivity contribution in [2.24, 2.45) is 11.1 Å². The molecular formula is C25H26N2O3S. The van der Waals surface area contributed by atoms with Crippen molar-refractivity contribution in [1.82, 2.24) is 4.90 Å². The van der Waals surface area contributed by atoms with E-state index in [0.29, 0.717) is 25.9 Å². The van der Waals surface area contributed by atoms with Crippen LogP contribution in [0.2, 0.25) is 0 Å². The van der Waals surface area contributed by atoms with Crippen molar-refractivity contribution < 1.29 is 14.7 Å². The Kier molecular flexibility index (Phi) is 5.74. The van der Waals surface area contributed by atoms with Crippen LogP contribution in [0.25, 0.3) is 10.8 Å². The van der Waals surface area contributed by atoms with Crippen LogP contribution in [0, 0.1) is 5.92 Å². The molecular weight excluding hydrogens is 408 g/mol. The fourth-order valence-corrected chi connectivity index (χ4v) is 5.46. The van der Waals surface area contributed by atoms with Gasteiger partial charge in [0.15, 0.2) is 0 Å². The van der Waals surface area contributed by atoms with Gasteiger partial charge in [-0.05, 0) is 46.5 Å². The summed E-state index contributed by atoms with van der Waals surface area (Å²) in [6.45, 7) is 1.31. The number of hydrogen-bond acceptors (Lipinski definition) is 5. The Morgan fingerprint density at radius 2 is 1.94 bits per heavy atom. The molecule has 31 heavy (non-hydrogen) atoms. The molecule has 0 bridgehead atoms. The van der Waals surface area contributed by atoms with Crippen molar-refractivity contribution in [1.29, 1.82) is 0 Å². The fraction of sp³-hybridized carbons (Fsp3) is 0.360. The van der Waals surface area contributed by atoms with Crippen LogP contribution in [0.15, 0.2) is 65.1 Å². The molecule has 6 heteroatoms. The second-order valence-electron chi connectivity index (χ2n) is 8.39. The maximum atomic E-state index is 13.0. The smallest absolute Gasteiger partial charge is 0.266 e. The number of fused-ring (bicyclic) bond motifs is 1. The third-order valence-electron chi connectivity index (χ3n) is 6.41. The molecule has 5 rings (SSSR count). The van der Waals surface area contributed by atoms with Crippen LogP contribution in [0.1, 0.15) is 35.8 Å².